The number of alkyl halides is 3. The minimum atomic E-state index is -4.43. The van der Waals surface area contributed by atoms with Gasteiger partial charge in [-0.15, -0.1) is 0 Å². The number of benzene rings is 1. The number of aromatic amines is 1. The summed E-state index contributed by atoms with van der Waals surface area (Å²) in [6.45, 7) is 3.86. The molecule has 0 saturated carbocycles. The van der Waals surface area contributed by atoms with Gasteiger partial charge in [0.2, 0.25) is 0 Å². The molecule has 156 valence electrons. The maximum atomic E-state index is 13.0. The van der Waals surface area contributed by atoms with Gasteiger partial charge in [-0.25, -0.2) is 9.55 Å². The van der Waals surface area contributed by atoms with Crippen molar-refractivity contribution in [1.82, 2.24) is 9.97 Å². The molecule has 2 heterocycles. The van der Waals surface area contributed by atoms with Crippen molar-refractivity contribution in [3.63, 3.8) is 0 Å². The fourth-order valence-corrected chi connectivity index (χ4v) is 4.66. The number of carboxylic acid groups (broad SMARTS) is 1. The summed E-state index contributed by atoms with van der Waals surface area (Å²) in [4.78, 5) is 18.1. The average molecular weight is 464 g/mol. The third-order valence-corrected chi connectivity index (χ3v) is 6.14. The van der Waals surface area contributed by atoms with Crippen molar-refractivity contribution in [1.29, 1.82) is 0 Å². The number of fused-ring (bicyclic) bond motifs is 1. The number of nitrogens with zero attached hydrogens (tertiary/aromatic N) is 2. The zero-order valence-corrected chi connectivity index (χ0v) is 17.8. The van der Waals surface area contributed by atoms with Gasteiger partial charge in [0.1, 0.15) is 11.3 Å². The van der Waals surface area contributed by atoms with E-state index in [1.54, 1.807) is 0 Å². The molecule has 29 heavy (non-hydrogen) atoms. The molecule has 2 N–H and O–H groups in total. The topological polar surface area (TPSA) is 69.9 Å². The van der Waals surface area contributed by atoms with E-state index < -0.39 is 17.7 Å². The van der Waals surface area contributed by atoms with Crippen LogP contribution in [0.3, 0.4) is 0 Å². The molecular formula is C18H17ClF3N3O2S2. The zero-order valence-electron chi connectivity index (χ0n) is 15.4. The van der Waals surface area contributed by atoms with E-state index in [0.717, 1.165) is 29.0 Å². The van der Waals surface area contributed by atoms with E-state index in [0.29, 0.717) is 17.2 Å². The number of aliphatic carboxylic acids is 1. The van der Waals surface area contributed by atoms with Crippen LogP contribution in [0.5, 0.6) is 0 Å². The predicted octanol–water partition coefficient (Wildman–Crippen LogP) is 1.45. The average Bonchev–Trinajstić information content (AvgIpc) is 3.01. The molecular weight excluding hydrogens is 447 g/mol. The highest BCUT2D eigenvalue weighted by Crippen LogP contribution is 2.31. The maximum absolute atomic E-state index is 13.0. The first-order chi connectivity index (χ1) is 13.1. The second-order valence-electron chi connectivity index (χ2n) is 6.23. The van der Waals surface area contributed by atoms with Gasteiger partial charge in [-0.2, -0.15) is 13.2 Å². The van der Waals surface area contributed by atoms with E-state index in [4.69, 9.17) is 5.11 Å². The number of carboxylic acids is 1. The number of aryl methyl sites for hydroxylation is 2. The molecule has 11 heteroatoms. The number of halogens is 4. The van der Waals surface area contributed by atoms with Crippen LogP contribution in [0.1, 0.15) is 22.4 Å². The van der Waals surface area contributed by atoms with E-state index >= 15 is 0 Å². The number of hydrogen-bond donors (Lipinski definition) is 2. The van der Waals surface area contributed by atoms with Crippen LogP contribution in [0, 0.1) is 13.8 Å². The molecule has 0 fully saturated rings. The summed E-state index contributed by atoms with van der Waals surface area (Å²) in [5.74, 6) is 0.0405. The molecule has 0 atom stereocenters. The van der Waals surface area contributed by atoms with E-state index in [2.05, 4.69) is 9.97 Å². The van der Waals surface area contributed by atoms with Gasteiger partial charge < -0.3 is 17.5 Å². The van der Waals surface area contributed by atoms with Crippen molar-refractivity contribution in [2.24, 2.45) is 0 Å². The Bertz CT molecular complexity index is 1040. The number of nitrogens with one attached hydrogen (secondary N) is 1. The lowest BCUT2D eigenvalue weighted by molar-refractivity contribution is -0.611. The van der Waals surface area contributed by atoms with Gasteiger partial charge in [0.25, 0.3) is 0 Å². The highest BCUT2D eigenvalue weighted by molar-refractivity contribution is 8.76. The Hall–Kier alpha value is -1.91. The summed E-state index contributed by atoms with van der Waals surface area (Å²) in [6, 6.07) is 5.42. The van der Waals surface area contributed by atoms with E-state index in [-0.39, 0.29) is 23.7 Å². The molecule has 0 aliphatic heterocycles. The van der Waals surface area contributed by atoms with Crippen molar-refractivity contribution in [3.8, 4) is 5.95 Å². The van der Waals surface area contributed by atoms with Crippen molar-refractivity contribution in [2.45, 2.75) is 25.8 Å². The third-order valence-electron chi connectivity index (χ3n) is 4.01. The number of carbonyl (C=O) groups is 1. The molecule has 0 amide bonds. The molecule has 0 unspecified atom stereocenters. The monoisotopic (exact) mass is 463 g/mol. The summed E-state index contributed by atoms with van der Waals surface area (Å²) in [5.41, 5.74) is 2.84. The number of hydrogen-bond acceptors (Lipinski definition) is 4. The van der Waals surface area contributed by atoms with Gasteiger partial charge in [-0.1, -0.05) is 32.6 Å². The number of imidazole rings is 1. The first-order valence-electron chi connectivity index (χ1n) is 8.20. The summed E-state index contributed by atoms with van der Waals surface area (Å²) >= 11 is 0. The van der Waals surface area contributed by atoms with E-state index in [1.807, 2.05) is 30.7 Å². The Morgan fingerprint density at radius 1 is 1.24 bits per heavy atom. The van der Waals surface area contributed by atoms with Gasteiger partial charge in [-0.05, 0) is 43.2 Å². The standard InChI is InChI=1S/C18H16F3N3O2S2.ClH/c1-10-5-11(2)15(8-27-28-9-16(25)26)24(7-10)17-22-13-4-3-12(18(19,20)21)6-14(13)23-17;/h3-7H,8-9H2,1-2H3,(H-,22,23,25,26);1H. The fraction of sp³-hybridized carbons (Fsp3) is 0.278. The fourth-order valence-electron chi connectivity index (χ4n) is 2.78. The molecule has 1 aromatic carbocycles. The highest BCUT2D eigenvalue weighted by atomic mass is 35.5. The normalized spacial score (nSPS) is 11.5. The van der Waals surface area contributed by atoms with Gasteiger partial charge in [0.05, 0.1) is 23.2 Å². The van der Waals surface area contributed by atoms with Crippen molar-refractivity contribution in [2.75, 3.05) is 5.75 Å². The SMILES string of the molecule is Cc1cc(C)c(CSSCC(=O)O)[n+](-c2nc3cc(C(F)(F)F)ccc3[nH]2)c1.[Cl-]. The molecule has 3 rings (SSSR count). The maximum Gasteiger partial charge on any atom is 0.416 e. The first-order valence-corrected chi connectivity index (χ1v) is 10.7. The van der Waals surface area contributed by atoms with Crippen LogP contribution in [-0.2, 0) is 16.7 Å². The van der Waals surface area contributed by atoms with Crippen LogP contribution < -0.4 is 17.0 Å². The minimum Gasteiger partial charge on any atom is -1.00 e. The molecule has 2 aromatic heterocycles. The number of H-pyrrole nitrogens is 1. The molecule has 3 aromatic rings. The Labute approximate surface area is 178 Å². The predicted molar refractivity (Wildman–Crippen MR) is 103 cm³/mol. The first kappa shape index (κ1) is 23.4. The van der Waals surface area contributed by atoms with Gasteiger partial charge in [0.15, 0.2) is 5.52 Å². The molecule has 0 aliphatic rings. The Morgan fingerprint density at radius 2 is 1.97 bits per heavy atom. The minimum absolute atomic E-state index is 0. The molecule has 5 nitrogen and oxygen atoms in total. The lowest BCUT2D eigenvalue weighted by Crippen LogP contribution is -3.00. The molecule has 0 radical (unpaired) electrons. The van der Waals surface area contributed by atoms with Crippen molar-refractivity contribution in [3.05, 3.63) is 52.8 Å². The van der Waals surface area contributed by atoms with Crippen molar-refractivity contribution < 1.29 is 40.0 Å². The smallest absolute Gasteiger partial charge is 0.416 e. The van der Waals surface area contributed by atoms with Gasteiger partial charge in [0, 0.05) is 0 Å². The number of rotatable bonds is 6. The van der Waals surface area contributed by atoms with E-state index in [1.165, 1.54) is 27.7 Å². The van der Waals surface area contributed by atoms with Crippen LogP contribution >= 0.6 is 21.6 Å². The molecule has 0 saturated heterocycles. The van der Waals surface area contributed by atoms with Gasteiger partial charge in [-0.3, -0.25) is 4.79 Å². The molecule has 0 aliphatic carbocycles. The second kappa shape index (κ2) is 9.27. The molecule has 0 bridgehead atoms. The number of aromatic nitrogens is 3. The second-order valence-corrected chi connectivity index (χ2v) is 8.69. The molecule has 0 spiro atoms. The lowest BCUT2D eigenvalue weighted by atomic mass is 10.2. The summed E-state index contributed by atoms with van der Waals surface area (Å²) in [5, 5.41) is 8.76. The Kier molecular flexibility index (Phi) is 7.47. The summed E-state index contributed by atoms with van der Waals surface area (Å²) in [7, 11) is 2.63. The van der Waals surface area contributed by atoms with Crippen molar-refractivity contribution >= 4 is 38.6 Å². The number of pyridine rings is 1. The summed E-state index contributed by atoms with van der Waals surface area (Å²) < 4.78 is 40.7. The van der Waals surface area contributed by atoms with Crippen LogP contribution in [0.4, 0.5) is 13.2 Å². The quantitative estimate of drug-likeness (QED) is 0.329. The Balaban J connectivity index is 0.00000300. The highest BCUT2D eigenvalue weighted by Gasteiger charge is 2.32. The van der Waals surface area contributed by atoms with Crippen LogP contribution in [0.2, 0.25) is 0 Å². The lowest BCUT2D eigenvalue weighted by Gasteiger charge is -2.09. The van der Waals surface area contributed by atoms with Crippen LogP contribution in [-0.4, -0.2) is 26.8 Å². The summed E-state index contributed by atoms with van der Waals surface area (Å²) in [6.07, 6.45) is -2.57. The van der Waals surface area contributed by atoms with Gasteiger partial charge >= 0.3 is 18.1 Å². The van der Waals surface area contributed by atoms with Crippen LogP contribution in [0.25, 0.3) is 17.0 Å². The zero-order chi connectivity index (χ0) is 20.5. The largest absolute Gasteiger partial charge is 1.00 e. The van der Waals surface area contributed by atoms with E-state index in [9.17, 15) is 18.0 Å². The third kappa shape index (κ3) is 5.58. The van der Waals surface area contributed by atoms with Crippen LogP contribution in [0.15, 0.2) is 30.5 Å². The Morgan fingerprint density at radius 3 is 2.62 bits per heavy atom.